The Bertz CT molecular complexity index is 940. The van der Waals surface area contributed by atoms with Crippen LogP contribution in [0, 0.1) is 0 Å². The maximum absolute atomic E-state index is 4.69. The molecule has 2 aliphatic rings. The average molecular weight is 374 g/mol. The van der Waals surface area contributed by atoms with E-state index in [1.807, 2.05) is 18.6 Å². The minimum atomic E-state index is 0.712. The maximum Gasteiger partial charge on any atom is 0.225 e. The zero-order valence-corrected chi connectivity index (χ0v) is 16.1. The van der Waals surface area contributed by atoms with Crippen molar-refractivity contribution < 1.29 is 0 Å². The molecule has 1 aromatic carbocycles. The van der Waals surface area contributed by atoms with E-state index in [0.29, 0.717) is 6.54 Å². The number of benzene rings is 1. The van der Waals surface area contributed by atoms with Gasteiger partial charge >= 0.3 is 0 Å². The molecule has 0 bridgehead atoms. The molecule has 0 radical (unpaired) electrons. The Labute approximate surface area is 165 Å². The molecule has 6 nitrogen and oxygen atoms in total. The molecule has 144 valence electrons. The number of aryl methyl sites for hydroxylation is 1. The lowest BCUT2D eigenvalue weighted by Crippen LogP contribution is -2.20. The van der Waals surface area contributed by atoms with E-state index >= 15 is 0 Å². The lowest BCUT2D eigenvalue weighted by Gasteiger charge is -2.17. The Kier molecular flexibility index (Phi) is 4.69. The smallest absolute Gasteiger partial charge is 0.225 e. The number of nitrogens with one attached hydrogen (secondary N) is 1. The molecule has 0 saturated carbocycles. The summed E-state index contributed by atoms with van der Waals surface area (Å²) in [6.07, 6.45) is 12.0. The van der Waals surface area contributed by atoms with Gasteiger partial charge in [-0.15, -0.1) is 0 Å². The zero-order chi connectivity index (χ0) is 18.8. The molecule has 0 atom stereocenters. The quantitative estimate of drug-likeness (QED) is 0.734. The van der Waals surface area contributed by atoms with E-state index in [1.54, 1.807) is 0 Å². The Morgan fingerprint density at radius 3 is 2.57 bits per heavy atom. The van der Waals surface area contributed by atoms with Gasteiger partial charge in [-0.3, -0.25) is 0 Å². The first-order valence-corrected chi connectivity index (χ1v) is 10.3. The van der Waals surface area contributed by atoms with Crippen molar-refractivity contribution in [1.29, 1.82) is 0 Å². The minimum Gasteiger partial charge on any atom is -0.381 e. The second kappa shape index (κ2) is 7.62. The Morgan fingerprint density at radius 2 is 1.71 bits per heavy atom. The Hall–Kier alpha value is -2.89. The molecule has 4 heterocycles. The maximum atomic E-state index is 4.69. The van der Waals surface area contributed by atoms with Crippen LogP contribution in [0.25, 0.3) is 11.4 Å². The van der Waals surface area contributed by atoms with Crippen molar-refractivity contribution in [1.82, 2.24) is 19.5 Å². The number of rotatable bonds is 5. The van der Waals surface area contributed by atoms with Gasteiger partial charge in [0.05, 0.1) is 0 Å². The van der Waals surface area contributed by atoms with Crippen LogP contribution in [0.1, 0.15) is 36.9 Å². The summed E-state index contributed by atoms with van der Waals surface area (Å²) in [6.45, 7) is 3.93. The highest BCUT2D eigenvalue weighted by atomic mass is 15.3. The van der Waals surface area contributed by atoms with E-state index in [2.05, 4.69) is 54.0 Å². The van der Waals surface area contributed by atoms with Crippen LogP contribution in [-0.2, 0) is 19.5 Å². The lowest BCUT2D eigenvalue weighted by atomic mass is 10.1. The number of hydrogen-bond acceptors (Lipinski definition) is 5. The minimum absolute atomic E-state index is 0.712. The van der Waals surface area contributed by atoms with Gasteiger partial charge in [-0.05, 0) is 44.2 Å². The number of anilines is 2. The van der Waals surface area contributed by atoms with Crippen LogP contribution in [0.3, 0.4) is 0 Å². The fourth-order valence-electron chi connectivity index (χ4n) is 4.16. The van der Waals surface area contributed by atoms with Gasteiger partial charge in [-0.2, -0.15) is 0 Å². The summed E-state index contributed by atoms with van der Waals surface area (Å²) in [6, 6.07) is 8.52. The molecule has 2 aromatic heterocycles. The topological polar surface area (TPSA) is 58.9 Å². The molecule has 3 aromatic rings. The van der Waals surface area contributed by atoms with Gasteiger partial charge in [0.1, 0.15) is 5.82 Å². The number of aromatic nitrogens is 4. The van der Waals surface area contributed by atoms with Crippen molar-refractivity contribution >= 4 is 11.6 Å². The summed E-state index contributed by atoms with van der Waals surface area (Å²) < 4.78 is 2.37. The molecule has 1 fully saturated rings. The number of hydrogen-bond donors (Lipinski definition) is 1. The second-order valence-electron chi connectivity index (χ2n) is 7.70. The van der Waals surface area contributed by atoms with Gasteiger partial charge in [0, 0.05) is 67.3 Å². The third-order valence-electron chi connectivity index (χ3n) is 5.70. The monoisotopic (exact) mass is 374 g/mol. The Balaban J connectivity index is 1.27. The lowest BCUT2D eigenvalue weighted by molar-refractivity contribution is 0.536. The molecular weight excluding hydrogens is 348 g/mol. The molecule has 6 heteroatoms. The van der Waals surface area contributed by atoms with Crippen LogP contribution in [-0.4, -0.2) is 32.6 Å². The predicted octanol–water partition coefficient (Wildman–Crippen LogP) is 3.89. The van der Waals surface area contributed by atoms with Crippen molar-refractivity contribution in [3.05, 3.63) is 54.1 Å². The third-order valence-corrected chi connectivity index (χ3v) is 5.70. The molecule has 1 saturated heterocycles. The van der Waals surface area contributed by atoms with Crippen molar-refractivity contribution in [3.63, 3.8) is 0 Å². The summed E-state index contributed by atoms with van der Waals surface area (Å²) in [7, 11) is 0. The standard InChI is InChI=1S/C22H26N6/c1-2-11-28-20(8-1)16-24-21(28)18-6-5-7-19(12-18)23-13-17-14-25-22(26-15-17)27-9-3-4-10-27/h5-7,12,14-16,23H,1-4,8-11,13H2. The molecule has 2 aliphatic heterocycles. The molecule has 0 aliphatic carbocycles. The highest BCUT2D eigenvalue weighted by molar-refractivity contribution is 5.63. The van der Waals surface area contributed by atoms with E-state index in [1.165, 1.54) is 36.9 Å². The normalized spacial score (nSPS) is 16.2. The molecule has 0 unspecified atom stereocenters. The van der Waals surface area contributed by atoms with Gasteiger partial charge in [0.15, 0.2) is 0 Å². The summed E-state index contributed by atoms with van der Waals surface area (Å²) in [5.74, 6) is 1.93. The number of imidazole rings is 1. The summed E-state index contributed by atoms with van der Waals surface area (Å²) in [4.78, 5) is 16.0. The molecule has 0 spiro atoms. The molecule has 0 amide bonds. The first-order valence-electron chi connectivity index (χ1n) is 10.3. The van der Waals surface area contributed by atoms with Gasteiger partial charge < -0.3 is 14.8 Å². The van der Waals surface area contributed by atoms with Crippen molar-refractivity contribution in [3.8, 4) is 11.4 Å². The van der Waals surface area contributed by atoms with Crippen molar-refractivity contribution in [2.75, 3.05) is 23.3 Å². The molecular formula is C22H26N6. The van der Waals surface area contributed by atoms with Gasteiger partial charge in [0.2, 0.25) is 5.95 Å². The van der Waals surface area contributed by atoms with Gasteiger partial charge in [0.25, 0.3) is 0 Å². The van der Waals surface area contributed by atoms with Gasteiger partial charge in [-0.25, -0.2) is 15.0 Å². The van der Waals surface area contributed by atoms with E-state index in [0.717, 1.165) is 49.1 Å². The van der Waals surface area contributed by atoms with Crippen LogP contribution in [0.5, 0.6) is 0 Å². The number of fused-ring (bicyclic) bond motifs is 1. The van der Waals surface area contributed by atoms with Crippen molar-refractivity contribution in [2.45, 2.75) is 45.2 Å². The largest absolute Gasteiger partial charge is 0.381 e. The van der Waals surface area contributed by atoms with Crippen LogP contribution in [0.4, 0.5) is 11.6 Å². The fraction of sp³-hybridized carbons (Fsp3) is 0.409. The highest BCUT2D eigenvalue weighted by Crippen LogP contribution is 2.26. The third kappa shape index (κ3) is 3.46. The molecule has 28 heavy (non-hydrogen) atoms. The fourth-order valence-corrected chi connectivity index (χ4v) is 4.16. The van der Waals surface area contributed by atoms with Crippen LogP contribution >= 0.6 is 0 Å². The van der Waals surface area contributed by atoms with Crippen molar-refractivity contribution in [2.24, 2.45) is 0 Å². The summed E-state index contributed by atoms with van der Waals surface area (Å²) in [5.41, 5.74) is 4.70. The summed E-state index contributed by atoms with van der Waals surface area (Å²) in [5, 5.41) is 3.50. The first-order chi connectivity index (χ1) is 13.9. The number of nitrogens with zero attached hydrogens (tertiary/aromatic N) is 5. The van der Waals surface area contributed by atoms with Gasteiger partial charge in [-0.1, -0.05) is 12.1 Å². The SMILES string of the molecule is c1cc(NCc2cnc(N3CCCC3)nc2)cc(-c2ncc3n2CCCC3)c1. The Morgan fingerprint density at radius 1 is 0.893 bits per heavy atom. The van der Waals surface area contributed by atoms with Crippen LogP contribution < -0.4 is 10.2 Å². The van der Waals surface area contributed by atoms with E-state index in [-0.39, 0.29) is 0 Å². The zero-order valence-electron chi connectivity index (χ0n) is 16.1. The molecule has 1 N–H and O–H groups in total. The van der Waals surface area contributed by atoms with E-state index < -0.39 is 0 Å². The summed E-state index contributed by atoms with van der Waals surface area (Å²) >= 11 is 0. The van der Waals surface area contributed by atoms with Crippen LogP contribution in [0.15, 0.2) is 42.9 Å². The van der Waals surface area contributed by atoms with E-state index in [9.17, 15) is 0 Å². The van der Waals surface area contributed by atoms with Crippen LogP contribution in [0.2, 0.25) is 0 Å². The highest BCUT2D eigenvalue weighted by Gasteiger charge is 2.16. The average Bonchev–Trinajstić information content (AvgIpc) is 3.43. The predicted molar refractivity (Wildman–Crippen MR) is 111 cm³/mol. The van der Waals surface area contributed by atoms with E-state index in [4.69, 9.17) is 0 Å². The second-order valence-corrected chi connectivity index (χ2v) is 7.70. The first kappa shape index (κ1) is 17.2. The molecule has 5 rings (SSSR count).